The molecule has 0 atom stereocenters. The Hall–Kier alpha value is -2.61. The van der Waals surface area contributed by atoms with Crippen molar-refractivity contribution in [2.45, 2.75) is 6.54 Å². The van der Waals surface area contributed by atoms with Gasteiger partial charge in [-0.05, 0) is 18.7 Å². The number of carbonyl (C=O) groups excluding carboxylic acids is 1. The van der Waals surface area contributed by atoms with Gasteiger partial charge in [0.15, 0.2) is 0 Å². The van der Waals surface area contributed by atoms with E-state index in [1.807, 2.05) is 0 Å². The highest BCUT2D eigenvalue weighted by atomic mass is 16.4. The summed E-state index contributed by atoms with van der Waals surface area (Å²) in [5, 5.41) is 22.9. The van der Waals surface area contributed by atoms with Gasteiger partial charge in [-0.2, -0.15) is 0 Å². The summed E-state index contributed by atoms with van der Waals surface area (Å²) >= 11 is 0. The van der Waals surface area contributed by atoms with Crippen LogP contribution in [0.4, 0.5) is 10.5 Å². The Bertz CT molecular complexity index is 516. The molecular weight excluding hydrogens is 278 g/mol. The van der Waals surface area contributed by atoms with Crippen molar-refractivity contribution in [3.63, 3.8) is 0 Å². The van der Waals surface area contributed by atoms with Crippen LogP contribution in [0.15, 0.2) is 24.3 Å². The summed E-state index contributed by atoms with van der Waals surface area (Å²) in [6.07, 6.45) is 0. The second-order valence-corrected chi connectivity index (χ2v) is 4.26. The molecule has 0 fully saturated rings. The van der Waals surface area contributed by atoms with Crippen molar-refractivity contribution in [1.29, 1.82) is 0 Å². The van der Waals surface area contributed by atoms with E-state index in [1.165, 1.54) is 0 Å². The number of hydrogen-bond acceptors (Lipinski definition) is 4. The van der Waals surface area contributed by atoms with E-state index in [0.717, 1.165) is 5.56 Å². The normalized spacial score (nSPS) is 9.95. The average Bonchev–Trinajstić information content (AvgIpc) is 2.39. The first-order valence-corrected chi connectivity index (χ1v) is 6.16. The number of amides is 2. The van der Waals surface area contributed by atoms with Gasteiger partial charge < -0.3 is 25.7 Å². The summed E-state index contributed by atoms with van der Waals surface area (Å²) < 4.78 is 0. The molecule has 0 spiro atoms. The Morgan fingerprint density at radius 1 is 1.10 bits per heavy atom. The van der Waals surface area contributed by atoms with Gasteiger partial charge in [-0.15, -0.1) is 0 Å². The molecule has 0 aliphatic heterocycles. The van der Waals surface area contributed by atoms with Crippen molar-refractivity contribution in [3.8, 4) is 0 Å². The molecule has 21 heavy (non-hydrogen) atoms. The molecule has 0 aliphatic carbocycles. The van der Waals surface area contributed by atoms with E-state index < -0.39 is 31.1 Å². The molecular formula is C13H17N3O5. The van der Waals surface area contributed by atoms with E-state index in [-0.39, 0.29) is 0 Å². The first-order valence-electron chi connectivity index (χ1n) is 6.16. The van der Waals surface area contributed by atoms with Crippen molar-refractivity contribution in [1.82, 2.24) is 10.2 Å². The Kier molecular flexibility index (Phi) is 6.15. The van der Waals surface area contributed by atoms with Crippen LogP contribution in [0.1, 0.15) is 5.56 Å². The Morgan fingerprint density at radius 2 is 1.67 bits per heavy atom. The molecule has 0 unspecified atom stereocenters. The molecule has 0 saturated heterocycles. The predicted molar refractivity (Wildman–Crippen MR) is 75.1 cm³/mol. The second kappa shape index (κ2) is 7.85. The van der Waals surface area contributed by atoms with Crippen LogP contribution < -0.4 is 10.6 Å². The van der Waals surface area contributed by atoms with Gasteiger partial charge in [-0.1, -0.05) is 18.2 Å². The zero-order valence-corrected chi connectivity index (χ0v) is 11.5. The summed E-state index contributed by atoms with van der Waals surface area (Å²) in [5.74, 6) is -2.56. The van der Waals surface area contributed by atoms with Crippen LogP contribution in [0, 0.1) is 0 Å². The highest BCUT2D eigenvalue weighted by Crippen LogP contribution is 2.15. The van der Waals surface area contributed by atoms with Gasteiger partial charge in [0.2, 0.25) is 0 Å². The standard InChI is InChI=1S/C13H17N3O5/c1-14-6-9-4-2-3-5-10(9)15-13(21)16(7-11(17)18)8-12(19)20/h2-5,14H,6-8H2,1H3,(H,15,21)(H,17,18)(H,19,20). The number of carbonyl (C=O) groups is 3. The topological polar surface area (TPSA) is 119 Å². The van der Waals surface area contributed by atoms with Crippen LogP contribution in [-0.2, 0) is 16.1 Å². The van der Waals surface area contributed by atoms with Crippen LogP contribution in [-0.4, -0.2) is 53.2 Å². The average molecular weight is 295 g/mol. The van der Waals surface area contributed by atoms with E-state index >= 15 is 0 Å². The van der Waals surface area contributed by atoms with Gasteiger partial charge in [-0.25, -0.2) is 4.79 Å². The molecule has 0 saturated carbocycles. The fourth-order valence-electron chi connectivity index (χ4n) is 1.71. The van der Waals surface area contributed by atoms with Gasteiger partial charge in [0.25, 0.3) is 0 Å². The summed E-state index contributed by atoms with van der Waals surface area (Å²) in [5.41, 5.74) is 1.30. The van der Waals surface area contributed by atoms with Crippen LogP contribution in [0.5, 0.6) is 0 Å². The van der Waals surface area contributed by atoms with Crippen LogP contribution in [0.3, 0.4) is 0 Å². The number of carboxylic acids is 2. The zero-order chi connectivity index (χ0) is 15.8. The summed E-state index contributed by atoms with van der Waals surface area (Å²) in [4.78, 5) is 34.1. The molecule has 4 N–H and O–H groups in total. The smallest absolute Gasteiger partial charge is 0.323 e. The number of benzene rings is 1. The predicted octanol–water partition coefficient (Wildman–Crippen LogP) is 0.409. The van der Waals surface area contributed by atoms with Gasteiger partial charge in [0.05, 0.1) is 0 Å². The molecule has 1 aromatic carbocycles. The number of anilines is 1. The minimum atomic E-state index is -1.28. The Morgan fingerprint density at radius 3 is 2.19 bits per heavy atom. The van der Waals surface area contributed by atoms with Gasteiger partial charge in [0, 0.05) is 12.2 Å². The molecule has 0 bridgehead atoms. The third-order valence-electron chi connectivity index (χ3n) is 2.57. The third-order valence-corrected chi connectivity index (χ3v) is 2.57. The molecule has 1 aromatic rings. The first-order chi connectivity index (χ1) is 9.93. The van der Waals surface area contributed by atoms with Crippen molar-refractivity contribution >= 4 is 23.7 Å². The Labute approximate surface area is 121 Å². The maximum atomic E-state index is 12.0. The third kappa shape index (κ3) is 5.49. The monoisotopic (exact) mass is 295 g/mol. The number of hydrogen-bond donors (Lipinski definition) is 4. The molecule has 2 amide bonds. The number of urea groups is 1. The van der Waals surface area contributed by atoms with Crippen molar-refractivity contribution in [2.75, 3.05) is 25.5 Å². The van der Waals surface area contributed by atoms with Gasteiger partial charge in [-0.3, -0.25) is 9.59 Å². The van der Waals surface area contributed by atoms with Crippen LogP contribution >= 0.6 is 0 Å². The maximum Gasteiger partial charge on any atom is 0.323 e. The number of rotatable bonds is 7. The van der Waals surface area contributed by atoms with Crippen LogP contribution in [0.25, 0.3) is 0 Å². The van der Waals surface area contributed by atoms with Crippen molar-refractivity contribution < 1.29 is 24.6 Å². The van der Waals surface area contributed by atoms with E-state index in [9.17, 15) is 14.4 Å². The van der Waals surface area contributed by atoms with Crippen molar-refractivity contribution in [3.05, 3.63) is 29.8 Å². The fourth-order valence-corrected chi connectivity index (χ4v) is 1.71. The van der Waals surface area contributed by atoms with E-state index in [1.54, 1.807) is 31.3 Å². The first kappa shape index (κ1) is 16.4. The Balaban J connectivity index is 2.85. The van der Waals surface area contributed by atoms with E-state index in [2.05, 4.69) is 10.6 Å². The lowest BCUT2D eigenvalue weighted by Crippen LogP contribution is -2.42. The lowest BCUT2D eigenvalue weighted by atomic mass is 10.2. The zero-order valence-electron chi connectivity index (χ0n) is 11.5. The van der Waals surface area contributed by atoms with Crippen molar-refractivity contribution in [2.24, 2.45) is 0 Å². The number of nitrogens with one attached hydrogen (secondary N) is 2. The van der Waals surface area contributed by atoms with Gasteiger partial charge >= 0.3 is 18.0 Å². The largest absolute Gasteiger partial charge is 0.480 e. The van der Waals surface area contributed by atoms with Crippen LogP contribution in [0.2, 0.25) is 0 Å². The lowest BCUT2D eigenvalue weighted by molar-refractivity contribution is -0.140. The molecule has 0 aromatic heterocycles. The van der Waals surface area contributed by atoms with E-state index in [0.29, 0.717) is 17.1 Å². The molecule has 0 aliphatic rings. The quantitative estimate of drug-likeness (QED) is 0.578. The number of nitrogens with zero attached hydrogens (tertiary/aromatic N) is 1. The highest BCUT2D eigenvalue weighted by Gasteiger charge is 2.20. The number of aliphatic carboxylic acids is 2. The molecule has 1 rings (SSSR count). The van der Waals surface area contributed by atoms with Gasteiger partial charge in [0.1, 0.15) is 13.1 Å². The molecule has 0 radical (unpaired) electrons. The summed E-state index contributed by atoms with van der Waals surface area (Å²) in [6, 6.07) is 6.19. The number of para-hydroxylation sites is 1. The molecule has 8 heteroatoms. The fraction of sp³-hybridized carbons (Fsp3) is 0.308. The number of carboxylic acid groups (broad SMARTS) is 2. The minimum Gasteiger partial charge on any atom is -0.480 e. The highest BCUT2D eigenvalue weighted by molar-refractivity contribution is 5.93. The summed E-state index contributed by atoms with van der Waals surface area (Å²) in [6.45, 7) is -0.868. The lowest BCUT2D eigenvalue weighted by Gasteiger charge is -2.20. The molecule has 8 nitrogen and oxygen atoms in total. The molecule has 0 heterocycles. The van der Waals surface area contributed by atoms with E-state index in [4.69, 9.17) is 10.2 Å². The second-order valence-electron chi connectivity index (χ2n) is 4.26. The minimum absolute atomic E-state index is 0.498. The maximum absolute atomic E-state index is 12.0. The SMILES string of the molecule is CNCc1ccccc1NC(=O)N(CC(=O)O)CC(=O)O. The molecule has 114 valence electrons. The summed E-state index contributed by atoms with van der Waals surface area (Å²) in [7, 11) is 1.75.